The van der Waals surface area contributed by atoms with Crippen LogP contribution in [0.1, 0.15) is 44.7 Å². The Morgan fingerprint density at radius 3 is 2.90 bits per heavy atom. The van der Waals surface area contributed by atoms with Gasteiger partial charge in [-0.05, 0) is 31.9 Å². The largest absolute Gasteiger partial charge is 0.490 e. The topological polar surface area (TPSA) is 47.7 Å². The average molecular weight is 357 g/mol. The van der Waals surface area contributed by atoms with Crippen molar-refractivity contribution in [2.75, 3.05) is 13.2 Å². The number of nitrogens with two attached hydrogens (primary N) is 1. The van der Waals surface area contributed by atoms with E-state index < -0.39 is 0 Å². The molecule has 2 rings (SSSR count). The predicted octanol–water partition coefficient (Wildman–Crippen LogP) is 3.65. The van der Waals surface area contributed by atoms with Crippen molar-refractivity contribution in [1.29, 1.82) is 0 Å². The lowest BCUT2D eigenvalue weighted by molar-refractivity contribution is 0.217. The van der Waals surface area contributed by atoms with Gasteiger partial charge in [0.2, 0.25) is 0 Å². The predicted molar refractivity (Wildman–Crippen MR) is 88.6 cm³/mol. The fraction of sp³-hybridized carbons (Fsp3) is 0.625. The van der Waals surface area contributed by atoms with Crippen LogP contribution in [0.15, 0.2) is 10.5 Å². The van der Waals surface area contributed by atoms with E-state index in [0.717, 1.165) is 54.0 Å². The van der Waals surface area contributed by atoms with E-state index in [1.165, 1.54) is 5.56 Å². The molecule has 1 aromatic carbocycles. The highest BCUT2D eigenvalue weighted by Gasteiger charge is 2.24. The van der Waals surface area contributed by atoms with Crippen LogP contribution >= 0.6 is 15.9 Å². The van der Waals surface area contributed by atoms with Gasteiger partial charge in [0.25, 0.3) is 0 Å². The second-order valence-corrected chi connectivity index (χ2v) is 6.52. The fourth-order valence-electron chi connectivity index (χ4n) is 2.29. The molecule has 0 amide bonds. The molecule has 0 aliphatic carbocycles. The zero-order valence-corrected chi connectivity index (χ0v) is 14.7. The van der Waals surface area contributed by atoms with E-state index in [-0.39, 0.29) is 0 Å². The Labute approximate surface area is 135 Å². The molecule has 0 radical (unpaired) electrons. The first kappa shape index (κ1) is 16.6. The molecule has 5 heteroatoms. The minimum atomic E-state index is 0.297. The Hall–Kier alpha value is -0.780. The summed E-state index contributed by atoms with van der Waals surface area (Å²) in [5.74, 6) is 7.83. The minimum absolute atomic E-state index is 0.297. The quantitative estimate of drug-likeness (QED) is 0.460. The maximum Gasteiger partial charge on any atom is 0.165 e. The van der Waals surface area contributed by atoms with Crippen LogP contribution in [-0.2, 0) is 13.0 Å². The standard InChI is InChI=1S/C16H25BrN2O2/c1-4-5-7-20-14-9-12(10-19(18)11(2)3)15(17)13-6-8-21-16(13)14/h9,11H,4-8,10,18H2,1-3H3. The third-order valence-corrected chi connectivity index (χ3v) is 4.71. The Bertz CT molecular complexity index is 492. The maximum atomic E-state index is 6.07. The summed E-state index contributed by atoms with van der Waals surface area (Å²) in [7, 11) is 0. The van der Waals surface area contributed by atoms with E-state index in [0.29, 0.717) is 12.6 Å². The molecule has 1 heterocycles. The summed E-state index contributed by atoms with van der Waals surface area (Å²) < 4.78 is 12.8. The molecule has 0 saturated heterocycles. The van der Waals surface area contributed by atoms with Crippen molar-refractivity contribution in [3.8, 4) is 11.5 Å². The lowest BCUT2D eigenvalue weighted by atomic mass is 10.1. The molecule has 0 fully saturated rings. The number of unbranched alkanes of at least 4 members (excludes halogenated alkanes) is 1. The van der Waals surface area contributed by atoms with Crippen molar-refractivity contribution < 1.29 is 9.47 Å². The lowest BCUT2D eigenvalue weighted by Gasteiger charge is -2.22. The monoisotopic (exact) mass is 356 g/mol. The van der Waals surface area contributed by atoms with Gasteiger partial charge in [0.15, 0.2) is 11.5 Å². The van der Waals surface area contributed by atoms with Gasteiger partial charge in [-0.25, -0.2) is 5.01 Å². The number of nitrogens with zero attached hydrogens (tertiary/aromatic N) is 1. The van der Waals surface area contributed by atoms with Gasteiger partial charge in [0.05, 0.1) is 13.2 Å². The molecule has 4 nitrogen and oxygen atoms in total. The number of fused-ring (bicyclic) bond motifs is 1. The molecular formula is C16H25BrN2O2. The molecule has 21 heavy (non-hydrogen) atoms. The lowest BCUT2D eigenvalue weighted by Crippen LogP contribution is -2.36. The summed E-state index contributed by atoms with van der Waals surface area (Å²) in [6, 6.07) is 2.36. The van der Waals surface area contributed by atoms with Gasteiger partial charge in [0, 0.05) is 29.0 Å². The number of benzene rings is 1. The Kier molecular flexibility index (Phi) is 5.90. The van der Waals surface area contributed by atoms with Gasteiger partial charge in [-0.2, -0.15) is 0 Å². The first-order valence-corrected chi connectivity index (χ1v) is 8.45. The molecule has 0 unspecified atom stereocenters. The number of halogens is 1. The summed E-state index contributed by atoms with van der Waals surface area (Å²) in [5, 5.41) is 1.83. The van der Waals surface area contributed by atoms with Crippen LogP contribution < -0.4 is 15.3 Å². The van der Waals surface area contributed by atoms with Crippen molar-refractivity contribution in [2.45, 2.75) is 52.6 Å². The second-order valence-electron chi connectivity index (χ2n) is 5.72. The highest BCUT2D eigenvalue weighted by molar-refractivity contribution is 9.10. The molecule has 0 aromatic heterocycles. The Morgan fingerprint density at radius 1 is 1.48 bits per heavy atom. The molecule has 2 N–H and O–H groups in total. The Morgan fingerprint density at radius 2 is 2.24 bits per heavy atom. The molecule has 1 aliphatic heterocycles. The van der Waals surface area contributed by atoms with E-state index >= 15 is 0 Å². The molecule has 1 aromatic rings. The van der Waals surface area contributed by atoms with Crippen LogP contribution in [0.25, 0.3) is 0 Å². The van der Waals surface area contributed by atoms with Crippen LogP contribution in [-0.4, -0.2) is 24.3 Å². The van der Waals surface area contributed by atoms with E-state index in [1.807, 2.05) is 5.01 Å². The zero-order chi connectivity index (χ0) is 15.4. The number of rotatable bonds is 7. The van der Waals surface area contributed by atoms with Gasteiger partial charge < -0.3 is 9.47 Å². The number of hydrogen-bond acceptors (Lipinski definition) is 4. The van der Waals surface area contributed by atoms with Gasteiger partial charge in [-0.3, -0.25) is 5.84 Å². The number of hydrazine groups is 1. The van der Waals surface area contributed by atoms with E-state index in [2.05, 4.69) is 42.8 Å². The van der Waals surface area contributed by atoms with Crippen molar-refractivity contribution in [3.05, 3.63) is 21.7 Å². The van der Waals surface area contributed by atoms with E-state index in [9.17, 15) is 0 Å². The fourth-order valence-corrected chi connectivity index (χ4v) is 2.91. The van der Waals surface area contributed by atoms with Gasteiger partial charge in [-0.1, -0.05) is 29.3 Å². The number of ether oxygens (including phenoxy) is 2. The summed E-state index contributed by atoms with van der Waals surface area (Å²) in [5.41, 5.74) is 2.36. The maximum absolute atomic E-state index is 6.07. The zero-order valence-electron chi connectivity index (χ0n) is 13.1. The minimum Gasteiger partial charge on any atom is -0.490 e. The van der Waals surface area contributed by atoms with Gasteiger partial charge in [0.1, 0.15) is 0 Å². The highest BCUT2D eigenvalue weighted by Crippen LogP contribution is 2.42. The summed E-state index contributed by atoms with van der Waals surface area (Å²) in [6.45, 7) is 8.47. The van der Waals surface area contributed by atoms with E-state index in [1.54, 1.807) is 0 Å². The SMILES string of the molecule is CCCCOc1cc(CN(N)C(C)C)c(Br)c2c1OCC2. The molecular weight excluding hydrogens is 332 g/mol. The molecule has 0 saturated carbocycles. The van der Waals surface area contributed by atoms with Crippen LogP contribution in [0.5, 0.6) is 11.5 Å². The summed E-state index contributed by atoms with van der Waals surface area (Å²) in [4.78, 5) is 0. The summed E-state index contributed by atoms with van der Waals surface area (Å²) >= 11 is 3.71. The number of hydrogen-bond donors (Lipinski definition) is 1. The van der Waals surface area contributed by atoms with Crippen molar-refractivity contribution >= 4 is 15.9 Å². The van der Waals surface area contributed by atoms with Crippen molar-refractivity contribution in [3.63, 3.8) is 0 Å². The van der Waals surface area contributed by atoms with E-state index in [4.69, 9.17) is 15.3 Å². The Balaban J connectivity index is 2.26. The van der Waals surface area contributed by atoms with Crippen molar-refractivity contribution in [1.82, 2.24) is 5.01 Å². The molecule has 118 valence electrons. The van der Waals surface area contributed by atoms with Crippen molar-refractivity contribution in [2.24, 2.45) is 5.84 Å². The summed E-state index contributed by atoms with van der Waals surface area (Å²) in [6.07, 6.45) is 3.09. The molecule has 1 aliphatic rings. The average Bonchev–Trinajstić information content (AvgIpc) is 2.93. The first-order chi connectivity index (χ1) is 10.0. The highest BCUT2D eigenvalue weighted by atomic mass is 79.9. The van der Waals surface area contributed by atoms with Gasteiger partial charge >= 0.3 is 0 Å². The van der Waals surface area contributed by atoms with Gasteiger partial charge in [-0.15, -0.1) is 0 Å². The molecule has 0 spiro atoms. The third kappa shape index (κ3) is 3.90. The van der Waals surface area contributed by atoms with Crippen LogP contribution in [0.3, 0.4) is 0 Å². The van der Waals surface area contributed by atoms with Crippen LogP contribution in [0.2, 0.25) is 0 Å². The smallest absolute Gasteiger partial charge is 0.165 e. The second kappa shape index (κ2) is 7.47. The van der Waals surface area contributed by atoms with Crippen LogP contribution in [0, 0.1) is 0 Å². The molecule has 0 bridgehead atoms. The van der Waals surface area contributed by atoms with Crippen LogP contribution in [0.4, 0.5) is 0 Å². The first-order valence-electron chi connectivity index (χ1n) is 7.65. The normalized spacial score (nSPS) is 13.7. The molecule has 0 atom stereocenters. The third-order valence-electron chi connectivity index (χ3n) is 3.72.